The summed E-state index contributed by atoms with van der Waals surface area (Å²) in [7, 11) is 3.98. The zero-order chi connectivity index (χ0) is 76.5. The van der Waals surface area contributed by atoms with Crippen LogP contribution in [0.3, 0.4) is 0 Å². The van der Waals surface area contributed by atoms with Crippen molar-refractivity contribution in [1.29, 1.82) is 0 Å². The lowest BCUT2D eigenvalue weighted by molar-refractivity contribution is -0.160. The molecule has 11 fully saturated rings. The zero-order valence-corrected chi connectivity index (χ0v) is 71.7. The number of hydrogen-bond acceptors (Lipinski definition) is 14. The molecule has 1 unspecified atom stereocenters. The highest BCUT2D eigenvalue weighted by Gasteiger charge is 2.51. The molecular weight excluding hydrogens is 1250 g/mol. The number of rotatable bonds is 1. The highest BCUT2D eigenvalue weighted by atomic mass is 19.3. The van der Waals surface area contributed by atoms with E-state index in [4.69, 9.17) is 9.47 Å². The van der Waals surface area contributed by atoms with Gasteiger partial charge in [0.25, 0.3) is 5.92 Å². The summed E-state index contributed by atoms with van der Waals surface area (Å²) in [5, 5.41) is 3.35. The molecule has 11 heterocycles. The van der Waals surface area contributed by atoms with Gasteiger partial charge >= 0.3 is 0 Å². The van der Waals surface area contributed by atoms with Crippen LogP contribution in [-0.2, 0) is 9.47 Å². The average Bonchev–Trinajstić information content (AvgIpc) is 1.27. The fourth-order valence-electron chi connectivity index (χ4n) is 13.2. The molecule has 11 rings (SSSR count). The van der Waals surface area contributed by atoms with Gasteiger partial charge in [-0.2, -0.15) is 0 Å². The van der Waals surface area contributed by atoms with E-state index < -0.39 is 17.8 Å². The Balaban J connectivity index is 0.000000375. The van der Waals surface area contributed by atoms with Crippen LogP contribution in [0.25, 0.3) is 0 Å². The van der Waals surface area contributed by atoms with Gasteiger partial charge in [-0.05, 0) is 299 Å². The van der Waals surface area contributed by atoms with Crippen LogP contribution in [-0.4, -0.2) is 318 Å². The minimum atomic E-state index is -2.42. The number of likely N-dealkylation sites (tertiary alicyclic amines) is 8. The number of morpholine rings is 1. The van der Waals surface area contributed by atoms with Gasteiger partial charge in [0.1, 0.15) is 11.8 Å². The second-order valence-corrected chi connectivity index (χ2v) is 41.2. The molecule has 0 aromatic rings. The van der Waals surface area contributed by atoms with Crippen molar-refractivity contribution in [2.45, 2.75) is 339 Å². The molecule has 0 aromatic heterocycles. The molecule has 11 saturated heterocycles. The molecule has 14 nitrogen and oxygen atoms in total. The van der Waals surface area contributed by atoms with Crippen LogP contribution in [0.5, 0.6) is 0 Å². The maximum Gasteiger partial charge on any atom is 0.272 e. The first-order valence-corrected chi connectivity index (χ1v) is 39.3. The van der Waals surface area contributed by atoms with Crippen molar-refractivity contribution < 1.29 is 27.0 Å². The predicted octanol–water partition coefficient (Wildman–Crippen LogP) is 15.0. The molecule has 0 radical (unpaired) electrons. The Labute approximate surface area is 612 Å². The number of ether oxygens (including phenoxy) is 2. The van der Waals surface area contributed by atoms with E-state index in [2.05, 4.69) is 248 Å². The number of piperazine rings is 1. The molecule has 18 heteroatoms. The van der Waals surface area contributed by atoms with Gasteiger partial charge in [0.15, 0.2) is 0 Å². The van der Waals surface area contributed by atoms with Crippen molar-refractivity contribution in [2.75, 3.05) is 184 Å². The maximum absolute atomic E-state index is 13.3. The number of nitrogens with zero attached hydrogens (tertiary/aromatic N) is 11. The smallest absolute Gasteiger partial charge is 0.272 e. The number of piperidine rings is 1. The van der Waals surface area contributed by atoms with Crippen LogP contribution < -0.4 is 5.32 Å². The number of halogens is 4. The highest BCUT2D eigenvalue weighted by Crippen LogP contribution is 2.38. The van der Waals surface area contributed by atoms with Crippen molar-refractivity contribution in [1.82, 2.24) is 59.2 Å². The Hall–Kier alpha value is -0.840. The highest BCUT2D eigenvalue weighted by molar-refractivity contribution is 5.07. The van der Waals surface area contributed by atoms with Crippen LogP contribution in [0, 0.1) is 5.41 Å². The molecule has 99 heavy (non-hydrogen) atoms. The molecule has 0 amide bonds. The van der Waals surface area contributed by atoms with Gasteiger partial charge in [-0.25, -0.2) is 17.6 Å². The van der Waals surface area contributed by atoms with Crippen LogP contribution >= 0.6 is 0 Å². The SMILES string of the molecule is CC(C)(C)N1CC(F)(F)C1.CC(C)(C)N1CC(F)C1.CC(C)(C)N1CC2(CNC2)C1.CC(C)(C)N1CCC1.CC(C)(C)N1CCCC1.CC(C)(C)N1CCCCC1.CC(C)(C)N1CCOCC1.CC1(F)CCN(C(C)(C)C)C1.CN1CCN(C(C)(C)C)CC1.COC1CN(C(C)(C)C)C1. The van der Waals surface area contributed by atoms with Crippen molar-refractivity contribution in [3.63, 3.8) is 0 Å². The molecule has 0 bridgehead atoms. The second-order valence-electron chi connectivity index (χ2n) is 41.2. The fourth-order valence-corrected chi connectivity index (χ4v) is 13.2. The topological polar surface area (TPSA) is 66.1 Å². The normalized spacial score (nSPS) is 25.5. The molecule has 1 atom stereocenters. The number of methoxy groups -OCH3 is 1. The standard InChI is InChI=1S/C9H18FN.C9H18N2.C9H20N2.C9H19N.2C8H17NO.C8H17N.C7H13F2N.C7H14FN.C7H15N/c1-8(2,3)11-6-5-9(4,10)7-11;1-8(2,3)11-6-9(7-11)4-10-5-9;1-9(2,3)11-7-5-10(4)6-8-11;1-9(2,3)10-7-5-4-6-8-10;1-8(2,3)9-5-7(6-9)10-4;1-8(2,3)9-4-6-10-7-5-9;1-8(2,3)9-6-4-5-7-9;1-6(2,3)10-4-7(8,9)5-10;1-7(2,3)9-4-6(8)5-9;1-7(2,3)8-5-4-6-8/h5-7H2,1-4H3;10H,4-7H2,1-3H3;5-8H2,1-4H3;4-8H2,1-3H3;7H,5-6H2,1-4H3;4-7H2,1-3H3;4-7H2,1-3H3;4-5H2,1-3H3;6H,4-5H2,1-3H3;4-6H2,1-3H3. The zero-order valence-electron chi connectivity index (χ0n) is 71.7. The Bertz CT molecular complexity index is 2120. The van der Waals surface area contributed by atoms with Crippen LogP contribution in [0.2, 0.25) is 0 Å². The summed E-state index contributed by atoms with van der Waals surface area (Å²) < 4.78 is 60.6. The minimum absolute atomic E-state index is 0.0729. The summed E-state index contributed by atoms with van der Waals surface area (Å²) in [4.78, 5) is 26.1. The summed E-state index contributed by atoms with van der Waals surface area (Å²) in [5.41, 5.74) is 2.59. The summed E-state index contributed by atoms with van der Waals surface area (Å²) in [6, 6.07) is 0. The van der Waals surface area contributed by atoms with Crippen molar-refractivity contribution in [2.24, 2.45) is 5.41 Å². The molecular formula is C81H168F4N12O2. The summed E-state index contributed by atoms with van der Waals surface area (Å²) in [6.45, 7) is 94.7. The Morgan fingerprint density at radius 2 is 0.646 bits per heavy atom. The minimum Gasteiger partial charge on any atom is -0.379 e. The number of hydrogen-bond donors (Lipinski definition) is 1. The first-order valence-electron chi connectivity index (χ1n) is 39.3. The maximum atomic E-state index is 13.3. The van der Waals surface area contributed by atoms with Crippen molar-refractivity contribution in [3.8, 4) is 0 Å². The van der Waals surface area contributed by atoms with Crippen molar-refractivity contribution >= 4 is 0 Å². The van der Waals surface area contributed by atoms with Crippen LogP contribution in [0.4, 0.5) is 17.6 Å². The summed E-state index contributed by atoms with van der Waals surface area (Å²) >= 11 is 0. The van der Waals surface area contributed by atoms with Crippen LogP contribution in [0.15, 0.2) is 0 Å². The van der Waals surface area contributed by atoms with Gasteiger partial charge in [-0.3, -0.25) is 49.0 Å². The summed E-state index contributed by atoms with van der Waals surface area (Å²) in [5.74, 6) is -2.42. The van der Waals surface area contributed by atoms with E-state index in [0.29, 0.717) is 76.3 Å². The molecule has 592 valence electrons. The third-order valence-electron chi connectivity index (χ3n) is 21.7. The summed E-state index contributed by atoms with van der Waals surface area (Å²) in [6.07, 6.45) is 9.04. The molecule has 0 saturated carbocycles. The number of nitrogens with one attached hydrogen (secondary N) is 1. The van der Waals surface area contributed by atoms with Gasteiger partial charge in [-0.15, -0.1) is 0 Å². The van der Waals surface area contributed by atoms with E-state index in [0.717, 1.165) is 45.9 Å². The van der Waals surface area contributed by atoms with E-state index in [1.807, 2.05) is 20.8 Å². The molecule has 0 aromatic carbocycles. The van der Waals surface area contributed by atoms with E-state index in [1.54, 1.807) is 18.9 Å². The predicted molar refractivity (Wildman–Crippen MR) is 419 cm³/mol. The lowest BCUT2D eigenvalue weighted by Gasteiger charge is -2.60. The van der Waals surface area contributed by atoms with Gasteiger partial charge in [-0.1, -0.05) is 6.42 Å². The quantitative estimate of drug-likeness (QED) is 0.254. The molecule has 1 N–H and O–H groups in total. The Morgan fingerprint density at radius 3 is 0.859 bits per heavy atom. The number of alkyl halides is 4. The first kappa shape index (κ1) is 94.2. The van der Waals surface area contributed by atoms with E-state index >= 15 is 0 Å². The molecule has 1 spiro atoms. The lowest BCUT2D eigenvalue weighted by Crippen LogP contribution is -2.73. The van der Waals surface area contributed by atoms with Crippen molar-refractivity contribution in [3.05, 3.63) is 0 Å². The second kappa shape index (κ2) is 38.8. The largest absolute Gasteiger partial charge is 0.379 e. The molecule has 11 aliphatic rings. The monoisotopic (exact) mass is 1420 g/mol. The Kier molecular flexibility index (Phi) is 36.9. The van der Waals surface area contributed by atoms with Crippen LogP contribution in [0.1, 0.15) is 260 Å². The van der Waals surface area contributed by atoms with E-state index in [1.165, 1.54) is 130 Å². The third-order valence-corrected chi connectivity index (χ3v) is 21.7. The van der Waals surface area contributed by atoms with Gasteiger partial charge in [0.05, 0.1) is 32.4 Å². The Morgan fingerprint density at radius 1 is 0.343 bits per heavy atom. The van der Waals surface area contributed by atoms with Gasteiger partial charge < -0.3 is 19.7 Å². The average molecular weight is 1420 g/mol. The fraction of sp³-hybridized carbons (Fsp3) is 1.00. The lowest BCUT2D eigenvalue weighted by atomic mass is 9.72. The van der Waals surface area contributed by atoms with Gasteiger partial charge in [0.2, 0.25) is 0 Å². The van der Waals surface area contributed by atoms with E-state index in [-0.39, 0.29) is 29.7 Å². The van der Waals surface area contributed by atoms with Gasteiger partial charge in [0, 0.05) is 173 Å². The molecule has 11 aliphatic heterocycles. The first-order chi connectivity index (χ1) is 44.6. The third kappa shape index (κ3) is 36.5. The number of likely N-dealkylation sites (N-methyl/N-ethyl adjacent to an activating group) is 1. The van der Waals surface area contributed by atoms with E-state index in [9.17, 15) is 17.6 Å². The molecule has 0 aliphatic carbocycles.